The van der Waals surface area contributed by atoms with Gasteiger partial charge in [0.1, 0.15) is 0 Å². The summed E-state index contributed by atoms with van der Waals surface area (Å²) < 4.78 is 33.6. The zero-order valence-corrected chi connectivity index (χ0v) is 12.7. The van der Waals surface area contributed by atoms with Gasteiger partial charge in [-0.2, -0.15) is 0 Å². The van der Waals surface area contributed by atoms with Crippen molar-refractivity contribution >= 4 is 15.8 Å². The maximum atomic E-state index is 12.3. The average molecular weight is 310 g/mol. The maximum absolute atomic E-state index is 12.3. The molecule has 7 nitrogen and oxygen atoms in total. The summed E-state index contributed by atoms with van der Waals surface area (Å²) in [6, 6.07) is 7.47. The normalized spacial score (nSPS) is 11.7. The molecule has 0 aliphatic rings. The first kappa shape index (κ1) is 15.5. The molecule has 0 saturated heterocycles. The zero-order chi connectivity index (χ0) is 15.5. The second-order valence-electron chi connectivity index (χ2n) is 4.57. The van der Waals surface area contributed by atoms with E-state index in [0.29, 0.717) is 6.61 Å². The van der Waals surface area contributed by atoms with Crippen LogP contribution in [0.4, 0.5) is 5.82 Å². The van der Waals surface area contributed by atoms with Crippen LogP contribution in [-0.4, -0.2) is 25.1 Å². The molecule has 0 saturated carbocycles. The van der Waals surface area contributed by atoms with Gasteiger partial charge in [0.25, 0.3) is 10.0 Å². The van der Waals surface area contributed by atoms with Crippen molar-refractivity contribution in [2.75, 3.05) is 12.8 Å². The Morgan fingerprint density at radius 1 is 1.33 bits per heavy atom. The molecule has 1 aromatic heterocycles. The summed E-state index contributed by atoms with van der Waals surface area (Å²) in [4.78, 5) is 3.79. The van der Waals surface area contributed by atoms with Gasteiger partial charge < -0.3 is 15.0 Å². The highest BCUT2D eigenvalue weighted by Gasteiger charge is 2.22. The summed E-state index contributed by atoms with van der Waals surface area (Å²) in [5.41, 5.74) is 7.38. The number of aromatic nitrogens is 2. The van der Waals surface area contributed by atoms with Gasteiger partial charge in [-0.3, -0.25) is 0 Å². The summed E-state index contributed by atoms with van der Waals surface area (Å²) in [6.45, 7) is 0.582. The molecule has 0 amide bonds. The van der Waals surface area contributed by atoms with Crippen molar-refractivity contribution in [1.29, 1.82) is 0 Å². The van der Waals surface area contributed by atoms with Crippen LogP contribution in [-0.2, 0) is 35.0 Å². The molecule has 0 atom stereocenters. The van der Waals surface area contributed by atoms with Crippen molar-refractivity contribution in [2.45, 2.75) is 18.2 Å². The Kier molecular flexibility index (Phi) is 4.61. The molecule has 0 spiro atoms. The van der Waals surface area contributed by atoms with Crippen molar-refractivity contribution in [3.8, 4) is 0 Å². The number of imidazole rings is 1. The molecular weight excluding hydrogens is 292 g/mol. The van der Waals surface area contributed by atoms with Gasteiger partial charge in [0, 0.05) is 20.7 Å². The predicted molar refractivity (Wildman–Crippen MR) is 78.8 cm³/mol. The predicted octanol–water partition coefficient (Wildman–Crippen LogP) is 0.627. The van der Waals surface area contributed by atoms with Crippen LogP contribution in [0.2, 0.25) is 0 Å². The topological polar surface area (TPSA) is 99.2 Å². The smallest absolute Gasteiger partial charge is 0.260 e. The van der Waals surface area contributed by atoms with Crippen molar-refractivity contribution < 1.29 is 13.2 Å². The van der Waals surface area contributed by atoms with Gasteiger partial charge in [-0.1, -0.05) is 24.3 Å². The number of hydrogen-bond donors (Lipinski definition) is 2. The van der Waals surface area contributed by atoms with E-state index < -0.39 is 10.0 Å². The fourth-order valence-electron chi connectivity index (χ4n) is 2.03. The number of anilines is 1. The minimum absolute atomic E-state index is 0.0184. The minimum Gasteiger partial charge on any atom is -0.381 e. The Balaban J connectivity index is 2.20. The lowest BCUT2D eigenvalue weighted by Gasteiger charge is -2.11. The van der Waals surface area contributed by atoms with E-state index in [-0.39, 0.29) is 17.4 Å². The number of nitrogen functional groups attached to an aromatic ring is 1. The molecule has 114 valence electrons. The van der Waals surface area contributed by atoms with Gasteiger partial charge >= 0.3 is 0 Å². The number of benzene rings is 1. The summed E-state index contributed by atoms with van der Waals surface area (Å²) in [7, 11) is -0.549. The van der Waals surface area contributed by atoms with Gasteiger partial charge in [0.15, 0.2) is 10.8 Å². The van der Waals surface area contributed by atoms with Crippen LogP contribution in [0.5, 0.6) is 0 Å². The molecular formula is C13H18N4O3S. The number of sulfonamides is 1. The third-order valence-electron chi connectivity index (χ3n) is 3.03. The number of ether oxygens (including phenoxy) is 1. The molecule has 8 heteroatoms. The number of nitrogens with zero attached hydrogens (tertiary/aromatic N) is 2. The lowest BCUT2D eigenvalue weighted by atomic mass is 10.1. The van der Waals surface area contributed by atoms with E-state index in [1.54, 1.807) is 14.2 Å². The van der Waals surface area contributed by atoms with Crippen LogP contribution in [0.3, 0.4) is 0 Å². The number of methoxy groups -OCH3 is 1. The van der Waals surface area contributed by atoms with Crippen LogP contribution in [0, 0.1) is 0 Å². The van der Waals surface area contributed by atoms with Crippen LogP contribution in [0.1, 0.15) is 11.1 Å². The molecule has 3 N–H and O–H groups in total. The highest BCUT2D eigenvalue weighted by Crippen LogP contribution is 2.16. The molecule has 2 rings (SSSR count). The van der Waals surface area contributed by atoms with Crippen LogP contribution >= 0.6 is 0 Å². The van der Waals surface area contributed by atoms with E-state index in [1.807, 2.05) is 24.3 Å². The lowest BCUT2D eigenvalue weighted by molar-refractivity contribution is 0.184. The van der Waals surface area contributed by atoms with E-state index in [2.05, 4.69) is 9.71 Å². The maximum Gasteiger partial charge on any atom is 0.260 e. The van der Waals surface area contributed by atoms with E-state index >= 15 is 0 Å². The van der Waals surface area contributed by atoms with E-state index in [1.165, 1.54) is 10.9 Å². The first-order valence-corrected chi connectivity index (χ1v) is 7.76. The number of rotatable bonds is 6. The number of nitrogens with two attached hydrogens (primary N) is 1. The summed E-state index contributed by atoms with van der Waals surface area (Å²) >= 11 is 0. The fourth-order valence-corrected chi connectivity index (χ4v) is 3.27. The summed E-state index contributed by atoms with van der Waals surface area (Å²) in [6.07, 6.45) is 1.36. The second kappa shape index (κ2) is 6.25. The third kappa shape index (κ3) is 3.41. The zero-order valence-electron chi connectivity index (χ0n) is 11.9. The van der Waals surface area contributed by atoms with Crippen molar-refractivity contribution in [3.05, 3.63) is 41.7 Å². The summed E-state index contributed by atoms with van der Waals surface area (Å²) in [5.74, 6) is -0.0184. The van der Waals surface area contributed by atoms with Gasteiger partial charge in [0.2, 0.25) is 0 Å². The van der Waals surface area contributed by atoms with Crippen molar-refractivity contribution in [2.24, 2.45) is 7.05 Å². The number of hydrogen-bond acceptors (Lipinski definition) is 5. The van der Waals surface area contributed by atoms with Crippen molar-refractivity contribution in [1.82, 2.24) is 14.3 Å². The van der Waals surface area contributed by atoms with E-state index in [4.69, 9.17) is 10.5 Å². The molecule has 1 heterocycles. The first-order valence-electron chi connectivity index (χ1n) is 6.28. The largest absolute Gasteiger partial charge is 0.381 e. The molecule has 0 bridgehead atoms. The number of aryl methyl sites for hydroxylation is 1. The Hall–Kier alpha value is -1.90. The van der Waals surface area contributed by atoms with Crippen LogP contribution in [0.15, 0.2) is 35.6 Å². The lowest BCUT2D eigenvalue weighted by Crippen LogP contribution is -2.26. The standard InChI is InChI=1S/C13H18N4O3S/c1-17-9-15-12(14)13(17)21(18,19)16-7-10-5-3-4-6-11(10)8-20-2/h3-6,9,16H,7-8,14H2,1-2H3. The molecule has 0 aliphatic carbocycles. The van der Waals surface area contributed by atoms with E-state index in [0.717, 1.165) is 11.1 Å². The Morgan fingerprint density at radius 3 is 2.57 bits per heavy atom. The molecule has 0 fully saturated rings. The van der Waals surface area contributed by atoms with Gasteiger partial charge in [-0.25, -0.2) is 18.1 Å². The SMILES string of the molecule is COCc1ccccc1CNS(=O)(=O)c1c(N)ncn1C. The van der Waals surface area contributed by atoms with Crippen molar-refractivity contribution in [3.63, 3.8) is 0 Å². The van der Waals surface area contributed by atoms with Gasteiger partial charge in [-0.05, 0) is 11.1 Å². The molecule has 2 aromatic rings. The molecule has 0 radical (unpaired) electrons. The third-order valence-corrected chi connectivity index (χ3v) is 4.57. The highest BCUT2D eigenvalue weighted by molar-refractivity contribution is 7.89. The molecule has 0 unspecified atom stereocenters. The monoisotopic (exact) mass is 310 g/mol. The Morgan fingerprint density at radius 2 is 2.00 bits per heavy atom. The quantitative estimate of drug-likeness (QED) is 0.815. The highest BCUT2D eigenvalue weighted by atomic mass is 32.2. The molecule has 0 aliphatic heterocycles. The van der Waals surface area contributed by atoms with Crippen LogP contribution < -0.4 is 10.5 Å². The Labute approximate surface area is 123 Å². The minimum atomic E-state index is -3.72. The summed E-state index contributed by atoms with van der Waals surface area (Å²) in [5, 5.41) is -0.0354. The number of nitrogens with one attached hydrogen (secondary N) is 1. The van der Waals surface area contributed by atoms with Gasteiger partial charge in [-0.15, -0.1) is 0 Å². The first-order chi connectivity index (χ1) is 9.95. The fraction of sp³-hybridized carbons (Fsp3) is 0.308. The van der Waals surface area contributed by atoms with E-state index in [9.17, 15) is 8.42 Å². The van der Waals surface area contributed by atoms with Crippen LogP contribution in [0.25, 0.3) is 0 Å². The second-order valence-corrected chi connectivity index (χ2v) is 6.25. The van der Waals surface area contributed by atoms with Gasteiger partial charge in [0.05, 0.1) is 12.9 Å². The molecule has 21 heavy (non-hydrogen) atoms. The Bertz CT molecular complexity index is 705. The molecule has 1 aromatic carbocycles. The average Bonchev–Trinajstić information content (AvgIpc) is 2.78.